The van der Waals surface area contributed by atoms with E-state index in [0.717, 1.165) is 5.56 Å². The highest BCUT2D eigenvalue weighted by atomic mass is 16.6. The second-order valence-electron chi connectivity index (χ2n) is 4.90. The molecule has 6 nitrogen and oxygen atoms in total. The zero-order chi connectivity index (χ0) is 16.5. The fourth-order valence-corrected chi connectivity index (χ4v) is 1.92. The molecule has 0 aliphatic carbocycles. The first-order valence-electron chi connectivity index (χ1n) is 7.21. The summed E-state index contributed by atoms with van der Waals surface area (Å²) in [6, 6.07) is 15.1. The number of aromatic nitrogens is 1. The average Bonchev–Trinajstić information content (AvgIpc) is 2.60. The van der Waals surface area contributed by atoms with Crippen LogP contribution < -0.4 is 5.32 Å². The Morgan fingerprint density at radius 3 is 2.83 bits per heavy atom. The lowest BCUT2D eigenvalue weighted by Gasteiger charge is -2.17. The van der Waals surface area contributed by atoms with E-state index in [0.29, 0.717) is 24.5 Å². The first-order valence-corrected chi connectivity index (χ1v) is 7.21. The monoisotopic (exact) mass is 310 g/mol. The molecule has 2 aromatic rings. The van der Waals surface area contributed by atoms with Gasteiger partial charge in [-0.3, -0.25) is 0 Å². The smallest absolute Gasteiger partial charge is 0.409 e. The number of nitrogens with zero attached hydrogens (tertiary/aromatic N) is 3. The minimum absolute atomic E-state index is 0.249. The van der Waals surface area contributed by atoms with Crippen LogP contribution in [0.1, 0.15) is 11.3 Å². The first kappa shape index (κ1) is 16.3. The number of benzene rings is 1. The Morgan fingerprint density at radius 2 is 2.09 bits per heavy atom. The molecule has 23 heavy (non-hydrogen) atoms. The zero-order valence-corrected chi connectivity index (χ0v) is 12.9. The quantitative estimate of drug-likeness (QED) is 0.887. The first-order chi connectivity index (χ1) is 11.2. The third kappa shape index (κ3) is 5.00. The standard InChI is InChI=1S/C17H18N4O2/c1-21(17(22)23-13-14-6-3-2-4-7-14)11-10-20-15-8-5-9-19-16(15)12-18/h2-9,20H,10-11,13H2,1H3. The van der Waals surface area contributed by atoms with Gasteiger partial charge in [0.2, 0.25) is 0 Å². The van der Waals surface area contributed by atoms with Crippen LogP contribution in [0.4, 0.5) is 10.5 Å². The molecule has 0 unspecified atom stereocenters. The van der Waals surface area contributed by atoms with Gasteiger partial charge in [0, 0.05) is 26.3 Å². The number of hydrogen-bond donors (Lipinski definition) is 1. The fraction of sp³-hybridized carbons (Fsp3) is 0.235. The number of likely N-dealkylation sites (N-methyl/N-ethyl adjacent to an activating group) is 1. The van der Waals surface area contributed by atoms with Crippen LogP contribution in [-0.4, -0.2) is 36.1 Å². The van der Waals surface area contributed by atoms with Crippen LogP contribution in [-0.2, 0) is 11.3 Å². The van der Waals surface area contributed by atoms with Crippen molar-refractivity contribution in [2.75, 3.05) is 25.5 Å². The molecule has 0 aliphatic rings. The van der Waals surface area contributed by atoms with E-state index in [9.17, 15) is 4.79 Å². The molecule has 2 rings (SSSR count). The van der Waals surface area contributed by atoms with E-state index in [1.165, 1.54) is 4.90 Å². The third-order valence-corrected chi connectivity index (χ3v) is 3.19. The lowest BCUT2D eigenvalue weighted by Crippen LogP contribution is -2.32. The lowest BCUT2D eigenvalue weighted by atomic mass is 10.2. The highest BCUT2D eigenvalue weighted by Crippen LogP contribution is 2.10. The number of amides is 1. The van der Waals surface area contributed by atoms with E-state index in [4.69, 9.17) is 10.00 Å². The number of hydrogen-bond acceptors (Lipinski definition) is 5. The number of nitrogens with one attached hydrogen (secondary N) is 1. The van der Waals surface area contributed by atoms with Crippen LogP contribution in [0.2, 0.25) is 0 Å². The Kier molecular flexibility index (Phi) is 5.95. The summed E-state index contributed by atoms with van der Waals surface area (Å²) in [4.78, 5) is 17.3. The van der Waals surface area contributed by atoms with Crippen molar-refractivity contribution in [1.29, 1.82) is 5.26 Å². The molecular formula is C17H18N4O2. The molecule has 0 aliphatic heterocycles. The number of carbonyl (C=O) groups is 1. The lowest BCUT2D eigenvalue weighted by molar-refractivity contribution is 0.106. The summed E-state index contributed by atoms with van der Waals surface area (Å²) in [7, 11) is 1.67. The minimum Gasteiger partial charge on any atom is -0.445 e. The van der Waals surface area contributed by atoms with Crippen molar-refractivity contribution in [3.8, 4) is 6.07 Å². The van der Waals surface area contributed by atoms with Crippen LogP contribution in [0.3, 0.4) is 0 Å². The van der Waals surface area contributed by atoms with Crippen molar-refractivity contribution in [3.05, 3.63) is 59.9 Å². The number of ether oxygens (including phenoxy) is 1. The summed E-state index contributed by atoms with van der Waals surface area (Å²) < 4.78 is 5.23. The Labute approximate surface area is 135 Å². The Balaban J connectivity index is 1.75. The van der Waals surface area contributed by atoms with Crippen molar-refractivity contribution in [2.45, 2.75) is 6.61 Å². The third-order valence-electron chi connectivity index (χ3n) is 3.19. The van der Waals surface area contributed by atoms with Gasteiger partial charge in [-0.15, -0.1) is 0 Å². The van der Waals surface area contributed by atoms with Crippen molar-refractivity contribution < 1.29 is 9.53 Å². The molecule has 1 N–H and O–H groups in total. The second-order valence-corrected chi connectivity index (χ2v) is 4.90. The maximum Gasteiger partial charge on any atom is 0.409 e. The molecule has 118 valence electrons. The Hall–Kier alpha value is -3.07. The van der Waals surface area contributed by atoms with E-state index in [2.05, 4.69) is 10.3 Å². The van der Waals surface area contributed by atoms with Gasteiger partial charge in [0.05, 0.1) is 5.69 Å². The molecule has 1 aromatic heterocycles. The SMILES string of the molecule is CN(CCNc1cccnc1C#N)C(=O)OCc1ccccc1. The molecule has 0 saturated heterocycles. The summed E-state index contributed by atoms with van der Waals surface area (Å²) >= 11 is 0. The average molecular weight is 310 g/mol. The summed E-state index contributed by atoms with van der Waals surface area (Å²) in [5.74, 6) is 0. The van der Waals surface area contributed by atoms with E-state index < -0.39 is 0 Å². The minimum atomic E-state index is -0.387. The topological polar surface area (TPSA) is 78.3 Å². The van der Waals surface area contributed by atoms with Crippen molar-refractivity contribution in [3.63, 3.8) is 0 Å². The van der Waals surface area contributed by atoms with Crippen LogP contribution in [0.25, 0.3) is 0 Å². The highest BCUT2D eigenvalue weighted by molar-refractivity contribution is 5.67. The number of pyridine rings is 1. The normalized spacial score (nSPS) is 9.74. The molecule has 1 amide bonds. The van der Waals surface area contributed by atoms with Crippen molar-refractivity contribution in [1.82, 2.24) is 9.88 Å². The second kappa shape index (κ2) is 8.39. The summed E-state index contributed by atoms with van der Waals surface area (Å²) in [6.07, 6.45) is 1.18. The van der Waals surface area contributed by atoms with Crippen molar-refractivity contribution in [2.24, 2.45) is 0 Å². The van der Waals surface area contributed by atoms with Crippen LogP contribution in [0.5, 0.6) is 0 Å². The van der Waals surface area contributed by atoms with Gasteiger partial charge in [-0.1, -0.05) is 30.3 Å². The molecule has 0 spiro atoms. The van der Waals surface area contributed by atoms with Gasteiger partial charge >= 0.3 is 6.09 Å². The van der Waals surface area contributed by atoms with Gasteiger partial charge in [-0.2, -0.15) is 5.26 Å². The maximum absolute atomic E-state index is 11.9. The van der Waals surface area contributed by atoms with Gasteiger partial charge in [0.15, 0.2) is 5.69 Å². The maximum atomic E-state index is 11.9. The zero-order valence-electron chi connectivity index (χ0n) is 12.9. The Bertz CT molecular complexity index is 682. The molecule has 6 heteroatoms. The van der Waals surface area contributed by atoms with E-state index in [1.54, 1.807) is 25.4 Å². The summed E-state index contributed by atoms with van der Waals surface area (Å²) in [5, 5.41) is 12.0. The molecular weight excluding hydrogens is 292 g/mol. The van der Waals surface area contributed by atoms with E-state index in [-0.39, 0.29) is 12.7 Å². The fourth-order valence-electron chi connectivity index (χ4n) is 1.92. The molecule has 1 heterocycles. The predicted molar refractivity (Wildman–Crippen MR) is 86.7 cm³/mol. The van der Waals surface area contributed by atoms with E-state index in [1.807, 2.05) is 36.4 Å². The van der Waals surface area contributed by atoms with Gasteiger partial charge < -0.3 is 15.0 Å². The predicted octanol–water partition coefficient (Wildman–Crippen LogP) is 2.63. The van der Waals surface area contributed by atoms with Crippen molar-refractivity contribution >= 4 is 11.8 Å². The number of rotatable bonds is 6. The van der Waals surface area contributed by atoms with E-state index >= 15 is 0 Å². The number of nitriles is 1. The molecule has 0 atom stereocenters. The van der Waals surface area contributed by atoms with Gasteiger partial charge in [-0.05, 0) is 17.7 Å². The van der Waals surface area contributed by atoms with Crippen LogP contribution >= 0.6 is 0 Å². The van der Waals surface area contributed by atoms with Crippen LogP contribution in [0, 0.1) is 11.3 Å². The summed E-state index contributed by atoms with van der Waals surface area (Å²) in [5.41, 5.74) is 1.93. The van der Waals surface area contributed by atoms with Gasteiger partial charge in [0.25, 0.3) is 0 Å². The van der Waals surface area contributed by atoms with Gasteiger partial charge in [-0.25, -0.2) is 9.78 Å². The molecule has 0 radical (unpaired) electrons. The number of anilines is 1. The molecule has 0 bridgehead atoms. The van der Waals surface area contributed by atoms with Gasteiger partial charge in [0.1, 0.15) is 12.7 Å². The molecule has 0 saturated carbocycles. The Morgan fingerprint density at radius 1 is 1.30 bits per heavy atom. The molecule has 0 fully saturated rings. The summed E-state index contributed by atoms with van der Waals surface area (Å²) in [6.45, 7) is 1.20. The molecule has 1 aromatic carbocycles. The highest BCUT2D eigenvalue weighted by Gasteiger charge is 2.10. The number of carbonyl (C=O) groups excluding carboxylic acids is 1. The largest absolute Gasteiger partial charge is 0.445 e. The van der Waals surface area contributed by atoms with Crippen LogP contribution in [0.15, 0.2) is 48.7 Å².